The summed E-state index contributed by atoms with van der Waals surface area (Å²) in [6.45, 7) is 2.13. The Bertz CT molecular complexity index is 432. The molecule has 2 unspecified atom stereocenters. The smallest absolute Gasteiger partial charge is 0.306 e. The summed E-state index contributed by atoms with van der Waals surface area (Å²) < 4.78 is 1.08. The van der Waals surface area contributed by atoms with Crippen LogP contribution in [-0.4, -0.2) is 17.1 Å². The molecule has 3 atom stereocenters. The summed E-state index contributed by atoms with van der Waals surface area (Å²) in [4.78, 5) is 11.1. The Morgan fingerprint density at radius 2 is 2.05 bits per heavy atom. The van der Waals surface area contributed by atoms with Gasteiger partial charge in [0.2, 0.25) is 0 Å². The number of nitrogens with one attached hydrogen (secondary N) is 1. The molecule has 1 fully saturated rings. The molecule has 1 saturated carbocycles. The van der Waals surface area contributed by atoms with E-state index in [9.17, 15) is 4.79 Å². The third kappa shape index (κ3) is 4.05. The van der Waals surface area contributed by atoms with Crippen LogP contribution in [0.3, 0.4) is 0 Å². The lowest BCUT2D eigenvalue weighted by Gasteiger charge is -2.30. The lowest BCUT2D eigenvalue weighted by atomic mass is 9.85. The van der Waals surface area contributed by atoms with E-state index in [-0.39, 0.29) is 12.0 Å². The highest BCUT2D eigenvalue weighted by Gasteiger charge is 2.27. The molecule has 0 heterocycles. The van der Waals surface area contributed by atoms with Gasteiger partial charge >= 0.3 is 5.97 Å². The number of halogens is 1. The zero-order chi connectivity index (χ0) is 13.8. The molecule has 0 bridgehead atoms. The van der Waals surface area contributed by atoms with Gasteiger partial charge in [0.25, 0.3) is 0 Å². The van der Waals surface area contributed by atoms with E-state index in [1.807, 2.05) is 12.1 Å². The van der Waals surface area contributed by atoms with Gasteiger partial charge in [0.05, 0.1) is 5.92 Å². The molecular weight excluding hydrogens is 306 g/mol. The van der Waals surface area contributed by atoms with Crippen LogP contribution < -0.4 is 5.32 Å². The fraction of sp³-hybridized carbons (Fsp3) is 0.533. The van der Waals surface area contributed by atoms with Crippen molar-refractivity contribution in [2.45, 2.75) is 44.7 Å². The van der Waals surface area contributed by atoms with Crippen LogP contribution in [0.2, 0.25) is 0 Å². The van der Waals surface area contributed by atoms with Gasteiger partial charge in [0.1, 0.15) is 0 Å². The summed E-state index contributed by atoms with van der Waals surface area (Å²) in [5.74, 6) is -0.828. The number of rotatable bonds is 4. The van der Waals surface area contributed by atoms with Gasteiger partial charge in [-0.15, -0.1) is 0 Å². The Hall–Kier alpha value is -0.870. The monoisotopic (exact) mass is 325 g/mol. The van der Waals surface area contributed by atoms with Crippen molar-refractivity contribution in [2.75, 3.05) is 0 Å². The van der Waals surface area contributed by atoms with E-state index in [4.69, 9.17) is 5.11 Å². The van der Waals surface area contributed by atoms with Crippen molar-refractivity contribution in [2.24, 2.45) is 5.92 Å². The minimum atomic E-state index is -0.650. The largest absolute Gasteiger partial charge is 0.481 e. The van der Waals surface area contributed by atoms with Crippen molar-refractivity contribution in [3.8, 4) is 0 Å². The fourth-order valence-corrected chi connectivity index (χ4v) is 3.03. The van der Waals surface area contributed by atoms with E-state index in [1.165, 1.54) is 5.56 Å². The van der Waals surface area contributed by atoms with Crippen LogP contribution in [-0.2, 0) is 4.79 Å². The Morgan fingerprint density at radius 1 is 1.37 bits per heavy atom. The lowest BCUT2D eigenvalue weighted by Crippen LogP contribution is -2.37. The van der Waals surface area contributed by atoms with Gasteiger partial charge in [-0.1, -0.05) is 34.5 Å². The molecule has 0 aliphatic heterocycles. The topological polar surface area (TPSA) is 49.3 Å². The van der Waals surface area contributed by atoms with Crippen LogP contribution in [0.5, 0.6) is 0 Å². The van der Waals surface area contributed by atoms with Gasteiger partial charge in [-0.25, -0.2) is 0 Å². The number of aliphatic carboxylic acids is 1. The molecule has 1 aliphatic rings. The van der Waals surface area contributed by atoms with Crippen molar-refractivity contribution in [3.63, 3.8) is 0 Å². The quantitative estimate of drug-likeness (QED) is 0.886. The van der Waals surface area contributed by atoms with Gasteiger partial charge in [-0.3, -0.25) is 4.79 Å². The normalized spacial score (nSPS) is 24.9. The fourth-order valence-electron chi connectivity index (χ4n) is 2.77. The summed E-state index contributed by atoms with van der Waals surface area (Å²) in [6, 6.07) is 8.83. The molecule has 2 N–H and O–H groups in total. The lowest BCUT2D eigenvalue weighted by molar-refractivity contribution is -0.143. The Morgan fingerprint density at radius 3 is 2.68 bits per heavy atom. The first-order valence-corrected chi connectivity index (χ1v) is 7.60. The highest BCUT2D eigenvalue weighted by molar-refractivity contribution is 9.10. The first-order chi connectivity index (χ1) is 9.06. The first-order valence-electron chi connectivity index (χ1n) is 6.80. The third-order valence-electron chi connectivity index (χ3n) is 3.88. The van der Waals surface area contributed by atoms with Gasteiger partial charge in [0, 0.05) is 16.6 Å². The SMILES string of the molecule is C[C@H](NC1CCCC(C(=O)O)C1)c1ccc(Br)cc1. The molecule has 1 aromatic carbocycles. The van der Waals surface area contributed by atoms with Crippen molar-refractivity contribution in [1.82, 2.24) is 5.32 Å². The van der Waals surface area contributed by atoms with Crippen molar-refractivity contribution in [3.05, 3.63) is 34.3 Å². The predicted octanol–water partition coefficient (Wildman–Crippen LogP) is 3.74. The Balaban J connectivity index is 1.93. The maximum absolute atomic E-state index is 11.1. The zero-order valence-electron chi connectivity index (χ0n) is 11.1. The molecule has 0 aromatic heterocycles. The van der Waals surface area contributed by atoms with Crippen LogP contribution in [0.25, 0.3) is 0 Å². The van der Waals surface area contributed by atoms with Gasteiger partial charge in [0.15, 0.2) is 0 Å². The molecule has 3 nitrogen and oxygen atoms in total. The van der Waals surface area contributed by atoms with E-state index >= 15 is 0 Å². The molecule has 0 saturated heterocycles. The van der Waals surface area contributed by atoms with Crippen LogP contribution >= 0.6 is 15.9 Å². The van der Waals surface area contributed by atoms with E-state index in [1.54, 1.807) is 0 Å². The summed E-state index contributed by atoms with van der Waals surface area (Å²) >= 11 is 3.43. The summed E-state index contributed by atoms with van der Waals surface area (Å²) in [6.07, 6.45) is 3.64. The van der Waals surface area contributed by atoms with Gasteiger partial charge < -0.3 is 10.4 Å². The molecule has 4 heteroatoms. The molecule has 1 aromatic rings. The average molecular weight is 326 g/mol. The maximum atomic E-state index is 11.1. The van der Waals surface area contributed by atoms with Crippen molar-refractivity contribution >= 4 is 21.9 Å². The van der Waals surface area contributed by atoms with Gasteiger partial charge in [-0.2, -0.15) is 0 Å². The minimum Gasteiger partial charge on any atom is -0.481 e. The molecule has 1 aliphatic carbocycles. The van der Waals surface area contributed by atoms with Crippen molar-refractivity contribution < 1.29 is 9.90 Å². The molecule has 2 rings (SSSR count). The third-order valence-corrected chi connectivity index (χ3v) is 4.41. The van der Waals surface area contributed by atoms with E-state index in [0.717, 1.165) is 30.2 Å². The van der Waals surface area contributed by atoms with Crippen LogP contribution in [0.15, 0.2) is 28.7 Å². The zero-order valence-corrected chi connectivity index (χ0v) is 12.7. The summed E-state index contributed by atoms with van der Waals surface area (Å²) in [5.41, 5.74) is 1.24. The second-order valence-corrected chi connectivity index (χ2v) is 6.25. The molecule has 104 valence electrons. The number of carboxylic acids is 1. The Kier molecular flexibility index (Phi) is 4.99. The predicted molar refractivity (Wildman–Crippen MR) is 79.1 cm³/mol. The second kappa shape index (κ2) is 6.53. The molecule has 19 heavy (non-hydrogen) atoms. The first kappa shape index (κ1) is 14.5. The summed E-state index contributed by atoms with van der Waals surface area (Å²) in [5, 5.41) is 12.7. The molecule has 0 amide bonds. The number of benzene rings is 1. The highest BCUT2D eigenvalue weighted by atomic mass is 79.9. The molecule has 0 spiro atoms. The second-order valence-electron chi connectivity index (χ2n) is 5.34. The number of carbonyl (C=O) groups is 1. The van der Waals surface area contributed by atoms with Gasteiger partial charge in [-0.05, 0) is 43.9 Å². The van der Waals surface area contributed by atoms with Crippen LogP contribution in [0, 0.1) is 5.92 Å². The molecular formula is C15H20BrNO2. The van der Waals surface area contributed by atoms with Crippen LogP contribution in [0.1, 0.15) is 44.2 Å². The van der Waals surface area contributed by atoms with Crippen molar-refractivity contribution in [1.29, 1.82) is 0 Å². The minimum absolute atomic E-state index is 0.177. The summed E-state index contributed by atoms with van der Waals surface area (Å²) in [7, 11) is 0. The number of hydrogen-bond acceptors (Lipinski definition) is 2. The Labute approximate surface area is 122 Å². The maximum Gasteiger partial charge on any atom is 0.306 e. The standard InChI is InChI=1S/C15H20BrNO2/c1-10(11-5-7-13(16)8-6-11)17-14-4-2-3-12(9-14)15(18)19/h5-8,10,12,14,17H,2-4,9H2,1H3,(H,18,19)/t10-,12?,14?/m0/s1. The van der Waals surface area contributed by atoms with E-state index < -0.39 is 5.97 Å². The van der Waals surface area contributed by atoms with Crippen LogP contribution in [0.4, 0.5) is 0 Å². The average Bonchev–Trinajstić information content (AvgIpc) is 2.39. The number of carboxylic acid groups (broad SMARTS) is 1. The number of hydrogen-bond donors (Lipinski definition) is 2. The van der Waals surface area contributed by atoms with E-state index in [0.29, 0.717) is 6.04 Å². The van der Waals surface area contributed by atoms with E-state index in [2.05, 4.69) is 40.3 Å². The highest BCUT2D eigenvalue weighted by Crippen LogP contribution is 2.26. The molecule has 0 radical (unpaired) electrons.